The van der Waals surface area contributed by atoms with Crippen molar-refractivity contribution in [3.05, 3.63) is 46.0 Å². The summed E-state index contributed by atoms with van der Waals surface area (Å²) in [6.45, 7) is 0.576. The van der Waals surface area contributed by atoms with E-state index in [0.717, 1.165) is 5.56 Å². The van der Waals surface area contributed by atoms with Crippen molar-refractivity contribution in [2.45, 2.75) is 6.54 Å². The molecule has 1 N–H and O–H groups in total. The van der Waals surface area contributed by atoms with Crippen molar-refractivity contribution in [2.24, 2.45) is 7.05 Å². The van der Waals surface area contributed by atoms with Gasteiger partial charge in [0.2, 0.25) is 0 Å². The van der Waals surface area contributed by atoms with E-state index < -0.39 is 5.82 Å². The SMILES string of the molecule is Cn1cc(CNc2cc(Cl)c(F)c(Cl)c2)cn1. The molecule has 0 saturated carbocycles. The second-order valence-corrected chi connectivity index (χ2v) is 4.44. The molecule has 2 rings (SSSR count). The number of hydrogen-bond donors (Lipinski definition) is 1. The summed E-state index contributed by atoms with van der Waals surface area (Å²) < 4.78 is 14.9. The van der Waals surface area contributed by atoms with Crippen LogP contribution in [0.1, 0.15) is 5.56 Å². The van der Waals surface area contributed by atoms with Crippen LogP contribution in [0.2, 0.25) is 10.0 Å². The molecule has 0 atom stereocenters. The van der Waals surface area contributed by atoms with Gasteiger partial charge in [-0.1, -0.05) is 23.2 Å². The van der Waals surface area contributed by atoms with Crippen LogP contribution >= 0.6 is 23.2 Å². The highest BCUT2D eigenvalue weighted by atomic mass is 35.5. The van der Waals surface area contributed by atoms with Crippen LogP contribution in [-0.4, -0.2) is 9.78 Å². The van der Waals surface area contributed by atoms with Gasteiger partial charge in [0.05, 0.1) is 16.2 Å². The van der Waals surface area contributed by atoms with Crippen molar-refractivity contribution in [1.82, 2.24) is 9.78 Å². The highest BCUT2D eigenvalue weighted by molar-refractivity contribution is 6.35. The average molecular weight is 274 g/mol. The lowest BCUT2D eigenvalue weighted by molar-refractivity contribution is 0.629. The van der Waals surface area contributed by atoms with Gasteiger partial charge in [-0.3, -0.25) is 4.68 Å². The van der Waals surface area contributed by atoms with Crippen molar-refractivity contribution in [1.29, 1.82) is 0 Å². The Hall–Kier alpha value is -1.26. The summed E-state index contributed by atoms with van der Waals surface area (Å²) in [6, 6.07) is 3.00. The van der Waals surface area contributed by atoms with Gasteiger partial charge in [-0.2, -0.15) is 5.10 Å². The van der Waals surface area contributed by atoms with Crippen molar-refractivity contribution in [3.63, 3.8) is 0 Å². The number of rotatable bonds is 3. The molecule has 1 aromatic carbocycles. The van der Waals surface area contributed by atoms with Crippen molar-refractivity contribution in [2.75, 3.05) is 5.32 Å². The normalized spacial score (nSPS) is 10.6. The van der Waals surface area contributed by atoms with Gasteiger partial charge in [-0.25, -0.2) is 4.39 Å². The summed E-state index contributed by atoms with van der Waals surface area (Å²) in [5, 5.41) is 7.15. The fourth-order valence-corrected chi connectivity index (χ4v) is 1.91. The minimum absolute atomic E-state index is 0.00573. The molecule has 0 bridgehead atoms. The number of hydrogen-bond acceptors (Lipinski definition) is 2. The molecule has 0 spiro atoms. The Bertz CT molecular complexity index is 516. The molecule has 0 radical (unpaired) electrons. The number of nitrogens with zero attached hydrogens (tertiary/aromatic N) is 2. The third-order valence-electron chi connectivity index (χ3n) is 2.24. The molecule has 0 amide bonds. The molecule has 17 heavy (non-hydrogen) atoms. The summed E-state index contributed by atoms with van der Waals surface area (Å²) in [7, 11) is 1.84. The highest BCUT2D eigenvalue weighted by Crippen LogP contribution is 2.27. The zero-order valence-electron chi connectivity index (χ0n) is 9.04. The summed E-state index contributed by atoms with van der Waals surface area (Å²) >= 11 is 11.4. The van der Waals surface area contributed by atoms with Gasteiger partial charge in [0, 0.05) is 31.0 Å². The largest absolute Gasteiger partial charge is 0.381 e. The molecule has 0 unspecified atom stereocenters. The van der Waals surface area contributed by atoms with E-state index in [2.05, 4.69) is 10.4 Å². The quantitative estimate of drug-likeness (QED) is 0.868. The van der Waals surface area contributed by atoms with Gasteiger partial charge in [0.15, 0.2) is 5.82 Å². The Morgan fingerprint density at radius 3 is 2.53 bits per heavy atom. The van der Waals surface area contributed by atoms with E-state index in [1.807, 2.05) is 13.2 Å². The van der Waals surface area contributed by atoms with E-state index >= 15 is 0 Å². The number of aryl methyl sites for hydroxylation is 1. The lowest BCUT2D eigenvalue weighted by Crippen LogP contribution is -1.99. The Morgan fingerprint density at radius 1 is 1.35 bits per heavy atom. The van der Waals surface area contributed by atoms with Crippen molar-refractivity contribution < 1.29 is 4.39 Å². The first-order valence-electron chi connectivity index (χ1n) is 4.92. The Kier molecular flexibility index (Phi) is 3.54. The summed E-state index contributed by atoms with van der Waals surface area (Å²) in [4.78, 5) is 0. The first-order valence-corrected chi connectivity index (χ1v) is 5.68. The summed E-state index contributed by atoms with van der Waals surface area (Å²) in [6.07, 6.45) is 3.64. The zero-order valence-corrected chi connectivity index (χ0v) is 10.6. The zero-order chi connectivity index (χ0) is 12.4. The van der Waals surface area contributed by atoms with Crippen LogP contribution in [0.4, 0.5) is 10.1 Å². The third-order valence-corrected chi connectivity index (χ3v) is 2.79. The van der Waals surface area contributed by atoms with Gasteiger partial charge in [0.1, 0.15) is 0 Å². The number of anilines is 1. The van der Waals surface area contributed by atoms with Gasteiger partial charge in [-0.05, 0) is 12.1 Å². The Morgan fingerprint density at radius 2 is 2.00 bits per heavy atom. The molecular weight excluding hydrogens is 264 g/mol. The molecule has 1 heterocycles. The maximum absolute atomic E-state index is 13.2. The van der Waals surface area contributed by atoms with Crippen molar-refractivity contribution in [3.8, 4) is 0 Å². The average Bonchev–Trinajstić information content (AvgIpc) is 2.69. The summed E-state index contributed by atoms with van der Waals surface area (Å²) in [5.41, 5.74) is 1.69. The topological polar surface area (TPSA) is 29.9 Å². The van der Waals surface area contributed by atoms with Gasteiger partial charge in [-0.15, -0.1) is 0 Å². The third kappa shape index (κ3) is 2.90. The van der Waals surface area contributed by atoms with Gasteiger partial charge in [0.25, 0.3) is 0 Å². The molecule has 90 valence electrons. The van der Waals surface area contributed by atoms with Crippen LogP contribution in [0.5, 0.6) is 0 Å². The van der Waals surface area contributed by atoms with E-state index in [1.54, 1.807) is 10.9 Å². The minimum Gasteiger partial charge on any atom is -0.381 e. The predicted molar refractivity (Wildman–Crippen MR) is 67.0 cm³/mol. The van der Waals surface area contributed by atoms with Crippen LogP contribution < -0.4 is 5.32 Å². The molecule has 0 aliphatic carbocycles. The molecule has 6 heteroatoms. The fourth-order valence-electron chi connectivity index (χ4n) is 1.42. The predicted octanol–water partition coefficient (Wildman–Crippen LogP) is 3.48. The molecule has 3 nitrogen and oxygen atoms in total. The van der Waals surface area contributed by atoms with E-state index in [1.165, 1.54) is 12.1 Å². The maximum atomic E-state index is 13.2. The monoisotopic (exact) mass is 273 g/mol. The van der Waals surface area contributed by atoms with Crippen LogP contribution in [0, 0.1) is 5.82 Å². The molecule has 0 aliphatic heterocycles. The fraction of sp³-hybridized carbons (Fsp3) is 0.182. The Balaban J connectivity index is 2.09. The number of halogens is 3. The first kappa shape index (κ1) is 12.2. The molecule has 0 saturated heterocycles. The molecule has 1 aromatic heterocycles. The molecule has 2 aromatic rings. The van der Waals surface area contributed by atoms with Gasteiger partial charge >= 0.3 is 0 Å². The highest BCUT2D eigenvalue weighted by Gasteiger charge is 2.07. The van der Waals surface area contributed by atoms with Gasteiger partial charge < -0.3 is 5.32 Å². The first-order chi connectivity index (χ1) is 8.06. The van der Waals surface area contributed by atoms with E-state index in [0.29, 0.717) is 12.2 Å². The van der Waals surface area contributed by atoms with E-state index in [-0.39, 0.29) is 10.0 Å². The lowest BCUT2D eigenvalue weighted by Gasteiger charge is -2.06. The molecule has 0 aliphatic rings. The number of aromatic nitrogens is 2. The second kappa shape index (κ2) is 4.94. The van der Waals surface area contributed by atoms with Crippen LogP contribution in [-0.2, 0) is 13.6 Å². The Labute approximate surface area is 108 Å². The minimum atomic E-state index is -0.597. The van der Waals surface area contributed by atoms with Crippen LogP contribution in [0.15, 0.2) is 24.5 Å². The lowest BCUT2D eigenvalue weighted by atomic mass is 10.3. The van der Waals surface area contributed by atoms with Crippen LogP contribution in [0.3, 0.4) is 0 Å². The molecule has 0 fully saturated rings. The number of benzene rings is 1. The van der Waals surface area contributed by atoms with E-state index in [4.69, 9.17) is 23.2 Å². The van der Waals surface area contributed by atoms with Crippen LogP contribution in [0.25, 0.3) is 0 Å². The van der Waals surface area contributed by atoms with Crippen molar-refractivity contribution >= 4 is 28.9 Å². The smallest absolute Gasteiger partial charge is 0.160 e. The maximum Gasteiger partial charge on any atom is 0.160 e. The number of nitrogens with one attached hydrogen (secondary N) is 1. The van der Waals surface area contributed by atoms with E-state index in [9.17, 15) is 4.39 Å². The second-order valence-electron chi connectivity index (χ2n) is 3.63. The standard InChI is InChI=1S/C11H10Cl2FN3/c1-17-6-7(5-16-17)4-15-8-2-9(12)11(14)10(13)3-8/h2-3,5-6,15H,4H2,1H3. The summed E-state index contributed by atoms with van der Waals surface area (Å²) in [5.74, 6) is -0.597. The molecular formula is C11H10Cl2FN3.